The third-order valence-electron chi connectivity index (χ3n) is 8.52. The Labute approximate surface area is 271 Å². The Bertz CT molecular complexity index is 1790. The number of rotatable bonds is 12. The van der Waals surface area contributed by atoms with E-state index in [0.717, 1.165) is 46.5 Å². The number of amides is 2. The van der Waals surface area contributed by atoms with Gasteiger partial charge in [0.1, 0.15) is 24.1 Å². The maximum absolute atomic E-state index is 13.8. The Morgan fingerprint density at radius 3 is 2.41 bits per heavy atom. The molecule has 46 heavy (non-hydrogen) atoms. The molecular weight excluding hydrogens is 595 g/mol. The summed E-state index contributed by atoms with van der Waals surface area (Å²) in [5.41, 5.74) is 4.65. The standard InChI is InChI=1S/C35H43N7O3Si/c1-25(2)31-23-40(22-26-7-13-29(44-3)14-8-26)35(43)42(31)32-15-17-41-34(38-32)30(21-37-41)27-9-11-28(12-10-27)33-36-16-18-39(33)24-45-19-20-46(4,5)6/h7-18,21,25,31H,19-20,22-24H2,1-6H3/t31-/m1/s1. The van der Waals surface area contributed by atoms with Gasteiger partial charge in [-0.2, -0.15) is 5.10 Å². The van der Waals surface area contributed by atoms with Crippen LogP contribution < -0.4 is 9.64 Å². The first kappa shape index (κ1) is 31.5. The molecule has 0 saturated carbocycles. The van der Waals surface area contributed by atoms with Crippen LogP contribution in [-0.4, -0.2) is 69.5 Å². The van der Waals surface area contributed by atoms with Crippen molar-refractivity contribution in [1.82, 2.24) is 29.0 Å². The largest absolute Gasteiger partial charge is 0.497 e. The van der Waals surface area contributed by atoms with Crippen LogP contribution in [0.25, 0.3) is 28.2 Å². The quantitative estimate of drug-likeness (QED) is 0.108. The Morgan fingerprint density at radius 2 is 1.72 bits per heavy atom. The zero-order chi connectivity index (χ0) is 32.4. The van der Waals surface area contributed by atoms with Crippen molar-refractivity contribution >= 4 is 25.6 Å². The zero-order valence-corrected chi connectivity index (χ0v) is 28.6. The molecule has 2 amide bonds. The topological polar surface area (TPSA) is 90.0 Å². The second kappa shape index (κ2) is 13.1. The summed E-state index contributed by atoms with van der Waals surface area (Å²) in [6.45, 7) is 13.8. The summed E-state index contributed by atoms with van der Waals surface area (Å²) in [5.74, 6) is 2.54. The van der Waals surface area contributed by atoms with Crippen molar-refractivity contribution in [2.45, 2.75) is 58.9 Å². The summed E-state index contributed by atoms with van der Waals surface area (Å²) in [4.78, 5) is 27.2. The van der Waals surface area contributed by atoms with Gasteiger partial charge < -0.3 is 18.9 Å². The Morgan fingerprint density at radius 1 is 0.978 bits per heavy atom. The number of methoxy groups -OCH3 is 1. The first-order valence-corrected chi connectivity index (χ1v) is 19.6. The zero-order valence-electron chi connectivity index (χ0n) is 27.6. The predicted octanol–water partition coefficient (Wildman–Crippen LogP) is 7.05. The van der Waals surface area contributed by atoms with Gasteiger partial charge in [-0.05, 0) is 41.3 Å². The van der Waals surface area contributed by atoms with Gasteiger partial charge in [0.2, 0.25) is 0 Å². The number of carbonyl (C=O) groups excluding carboxylic acids is 1. The van der Waals surface area contributed by atoms with Crippen molar-refractivity contribution in [2.24, 2.45) is 5.92 Å². The highest BCUT2D eigenvalue weighted by Gasteiger charge is 2.40. The van der Waals surface area contributed by atoms with Crippen LogP contribution in [0.3, 0.4) is 0 Å². The minimum absolute atomic E-state index is 0.00499. The second-order valence-electron chi connectivity index (χ2n) is 13.5. The molecule has 4 heterocycles. The molecule has 1 aliphatic heterocycles. The number of nitrogens with zero attached hydrogens (tertiary/aromatic N) is 7. The molecule has 1 saturated heterocycles. The molecule has 1 atom stereocenters. The minimum atomic E-state index is -1.14. The fraction of sp³-hybridized carbons (Fsp3) is 0.371. The molecule has 11 heteroatoms. The monoisotopic (exact) mass is 637 g/mol. The smallest absolute Gasteiger partial charge is 0.326 e. The molecule has 1 fully saturated rings. The number of anilines is 1. The van der Waals surface area contributed by atoms with Gasteiger partial charge in [-0.15, -0.1) is 0 Å². The highest BCUT2D eigenvalue weighted by molar-refractivity contribution is 6.76. The number of urea groups is 1. The van der Waals surface area contributed by atoms with Gasteiger partial charge in [0.05, 0.1) is 19.3 Å². The molecular formula is C35H43N7O3Si. The van der Waals surface area contributed by atoms with Crippen LogP contribution >= 0.6 is 0 Å². The summed E-state index contributed by atoms with van der Waals surface area (Å²) >= 11 is 0. The van der Waals surface area contributed by atoms with Gasteiger partial charge in [0, 0.05) is 57.5 Å². The molecule has 3 aromatic heterocycles. The van der Waals surface area contributed by atoms with Gasteiger partial charge in [-0.25, -0.2) is 19.3 Å². The van der Waals surface area contributed by atoms with E-state index in [0.29, 0.717) is 31.3 Å². The average molecular weight is 638 g/mol. The molecule has 0 radical (unpaired) electrons. The fourth-order valence-electron chi connectivity index (χ4n) is 5.75. The van der Waals surface area contributed by atoms with Crippen LogP contribution in [0.1, 0.15) is 19.4 Å². The van der Waals surface area contributed by atoms with Crippen LogP contribution in [0.5, 0.6) is 5.75 Å². The number of aromatic nitrogens is 5. The van der Waals surface area contributed by atoms with E-state index in [2.05, 4.69) is 67.8 Å². The van der Waals surface area contributed by atoms with E-state index in [4.69, 9.17) is 14.5 Å². The van der Waals surface area contributed by atoms with E-state index in [9.17, 15) is 4.79 Å². The van der Waals surface area contributed by atoms with Crippen LogP contribution in [0.2, 0.25) is 25.7 Å². The summed E-state index contributed by atoms with van der Waals surface area (Å²) in [5, 5.41) is 4.57. The third-order valence-corrected chi connectivity index (χ3v) is 10.2. The minimum Gasteiger partial charge on any atom is -0.497 e. The normalized spacial score (nSPS) is 15.5. The highest BCUT2D eigenvalue weighted by Crippen LogP contribution is 2.32. The number of imidazole rings is 1. The number of hydrogen-bond acceptors (Lipinski definition) is 6. The maximum atomic E-state index is 13.8. The van der Waals surface area contributed by atoms with E-state index in [-0.39, 0.29) is 18.0 Å². The number of fused-ring (bicyclic) bond motifs is 1. The number of carbonyl (C=O) groups is 1. The molecule has 240 valence electrons. The molecule has 0 unspecified atom stereocenters. The first-order valence-electron chi connectivity index (χ1n) is 15.9. The molecule has 1 aliphatic rings. The summed E-state index contributed by atoms with van der Waals surface area (Å²) in [7, 11) is 0.512. The maximum Gasteiger partial charge on any atom is 0.326 e. The Kier molecular flexibility index (Phi) is 8.96. The van der Waals surface area contributed by atoms with Gasteiger partial charge in [-0.3, -0.25) is 4.90 Å². The molecule has 2 aromatic carbocycles. The predicted molar refractivity (Wildman–Crippen MR) is 184 cm³/mol. The van der Waals surface area contributed by atoms with Crippen LogP contribution in [-0.2, 0) is 18.0 Å². The lowest BCUT2D eigenvalue weighted by molar-refractivity contribution is 0.0883. The first-order chi connectivity index (χ1) is 22.1. The van der Waals surface area contributed by atoms with Crippen LogP contribution in [0.15, 0.2) is 79.4 Å². The van der Waals surface area contributed by atoms with E-state index in [1.54, 1.807) is 11.6 Å². The van der Waals surface area contributed by atoms with Crippen molar-refractivity contribution in [1.29, 1.82) is 0 Å². The molecule has 0 aliphatic carbocycles. The number of hydrogen-bond donors (Lipinski definition) is 0. The Hall–Kier alpha value is -4.48. The van der Waals surface area contributed by atoms with E-state index >= 15 is 0 Å². The highest BCUT2D eigenvalue weighted by atomic mass is 28.3. The lowest BCUT2D eigenvalue weighted by Crippen LogP contribution is -2.38. The van der Waals surface area contributed by atoms with Gasteiger partial charge in [0.15, 0.2) is 5.65 Å². The molecule has 0 bridgehead atoms. The Balaban J connectivity index is 1.22. The van der Waals surface area contributed by atoms with Crippen LogP contribution in [0, 0.1) is 5.92 Å². The van der Waals surface area contributed by atoms with Gasteiger partial charge in [-0.1, -0.05) is 69.9 Å². The van der Waals surface area contributed by atoms with E-state index in [1.165, 1.54) is 0 Å². The SMILES string of the molecule is COc1ccc(CN2C[C@H](C(C)C)N(c3ccn4ncc(-c5ccc(-c6nccn6COCC[Si](C)(C)C)cc5)c4n3)C2=O)cc1. The van der Waals surface area contributed by atoms with Crippen molar-refractivity contribution < 1.29 is 14.3 Å². The van der Waals surface area contributed by atoms with Gasteiger partial charge in [0.25, 0.3) is 0 Å². The molecule has 10 nitrogen and oxygen atoms in total. The number of benzene rings is 2. The summed E-state index contributed by atoms with van der Waals surface area (Å²) < 4.78 is 15.1. The lowest BCUT2D eigenvalue weighted by atomic mass is 10.0. The molecule has 5 aromatic rings. The summed E-state index contributed by atoms with van der Waals surface area (Å²) in [6.07, 6.45) is 7.47. The lowest BCUT2D eigenvalue weighted by Gasteiger charge is -2.25. The fourth-order valence-corrected chi connectivity index (χ4v) is 6.51. The molecule has 0 spiro atoms. The van der Waals surface area contributed by atoms with E-state index < -0.39 is 8.07 Å². The summed E-state index contributed by atoms with van der Waals surface area (Å²) in [6, 6.07) is 19.1. The molecule has 6 rings (SSSR count). The molecule has 0 N–H and O–H groups in total. The average Bonchev–Trinajstić information content (AvgIpc) is 3.76. The number of ether oxygens (including phenoxy) is 2. The van der Waals surface area contributed by atoms with Crippen LogP contribution in [0.4, 0.5) is 10.6 Å². The van der Waals surface area contributed by atoms with Crippen molar-refractivity contribution in [3.63, 3.8) is 0 Å². The van der Waals surface area contributed by atoms with Crippen molar-refractivity contribution in [2.75, 3.05) is 25.2 Å². The van der Waals surface area contributed by atoms with Crippen molar-refractivity contribution in [3.8, 4) is 28.3 Å². The van der Waals surface area contributed by atoms with E-state index in [1.807, 2.05) is 69.5 Å². The second-order valence-corrected chi connectivity index (χ2v) is 19.1. The van der Waals surface area contributed by atoms with Crippen molar-refractivity contribution in [3.05, 3.63) is 84.9 Å². The third kappa shape index (κ3) is 6.70. The van der Waals surface area contributed by atoms with Gasteiger partial charge >= 0.3 is 6.03 Å².